The fourth-order valence-electron chi connectivity index (χ4n) is 2.85. The van der Waals surface area contributed by atoms with Crippen LogP contribution in [-0.4, -0.2) is 50.3 Å². The van der Waals surface area contributed by atoms with Crippen molar-refractivity contribution in [3.8, 4) is 0 Å². The molecule has 1 aliphatic heterocycles. The summed E-state index contributed by atoms with van der Waals surface area (Å²) in [6, 6.07) is 0.742. The zero-order valence-corrected chi connectivity index (χ0v) is 12.9. The monoisotopic (exact) mass is 268 g/mol. The Kier molecular flexibility index (Phi) is 6.62. The number of nitrogens with one attached hydrogen (secondary N) is 1. The molecule has 0 aromatic carbocycles. The van der Waals surface area contributed by atoms with Crippen LogP contribution >= 0.6 is 0 Å². The topological polar surface area (TPSA) is 24.5 Å². The zero-order chi connectivity index (χ0) is 13.5. The summed E-state index contributed by atoms with van der Waals surface area (Å²) >= 11 is 0. The van der Waals surface area contributed by atoms with E-state index in [1.807, 2.05) is 0 Å². The van der Waals surface area contributed by atoms with Gasteiger partial charge in [-0.15, -0.1) is 0 Å². The number of nitrogens with zero attached hydrogens (tertiary/aromatic N) is 1. The largest absolute Gasteiger partial charge is 0.381 e. The van der Waals surface area contributed by atoms with Crippen LogP contribution in [0.1, 0.15) is 46.0 Å². The predicted octanol–water partition coefficient (Wildman–Crippen LogP) is 2.51. The maximum absolute atomic E-state index is 5.66. The van der Waals surface area contributed by atoms with E-state index in [-0.39, 0.29) is 0 Å². The van der Waals surface area contributed by atoms with E-state index in [1.54, 1.807) is 0 Å². The Morgan fingerprint density at radius 1 is 1.16 bits per heavy atom. The second-order valence-corrected chi connectivity index (χ2v) is 6.79. The SMILES string of the molecule is CC(C)CN1CCC(NCCCOCC2CC2)CC1. The van der Waals surface area contributed by atoms with Gasteiger partial charge in [-0.1, -0.05) is 13.8 Å². The first-order chi connectivity index (χ1) is 9.24. The van der Waals surface area contributed by atoms with Crippen molar-refractivity contribution in [1.29, 1.82) is 0 Å². The molecule has 0 unspecified atom stereocenters. The van der Waals surface area contributed by atoms with E-state index in [0.717, 1.165) is 37.6 Å². The van der Waals surface area contributed by atoms with Crippen LogP contribution in [0.3, 0.4) is 0 Å². The highest BCUT2D eigenvalue weighted by Crippen LogP contribution is 2.28. The Balaban J connectivity index is 1.41. The first-order valence-electron chi connectivity index (χ1n) is 8.27. The fourth-order valence-corrected chi connectivity index (χ4v) is 2.85. The fraction of sp³-hybridized carbons (Fsp3) is 1.00. The molecule has 0 amide bonds. The van der Waals surface area contributed by atoms with E-state index < -0.39 is 0 Å². The molecule has 3 nitrogen and oxygen atoms in total. The summed E-state index contributed by atoms with van der Waals surface area (Å²) in [4.78, 5) is 2.61. The lowest BCUT2D eigenvalue weighted by molar-refractivity contribution is 0.119. The van der Waals surface area contributed by atoms with Crippen molar-refractivity contribution in [2.45, 2.75) is 52.0 Å². The first-order valence-corrected chi connectivity index (χ1v) is 8.27. The second-order valence-electron chi connectivity index (χ2n) is 6.79. The van der Waals surface area contributed by atoms with Gasteiger partial charge in [0, 0.05) is 25.8 Å². The average molecular weight is 268 g/mol. The predicted molar refractivity (Wildman–Crippen MR) is 80.5 cm³/mol. The van der Waals surface area contributed by atoms with Gasteiger partial charge in [0.05, 0.1) is 0 Å². The standard InChI is InChI=1S/C16H32N2O/c1-14(2)12-18-9-6-16(7-10-18)17-8-3-11-19-13-15-4-5-15/h14-17H,3-13H2,1-2H3. The average Bonchev–Trinajstić information content (AvgIpc) is 3.19. The van der Waals surface area contributed by atoms with Gasteiger partial charge in [-0.3, -0.25) is 0 Å². The molecule has 2 aliphatic rings. The highest BCUT2D eigenvalue weighted by Gasteiger charge is 2.21. The quantitative estimate of drug-likeness (QED) is 0.650. The van der Waals surface area contributed by atoms with Crippen LogP contribution in [0.15, 0.2) is 0 Å². The Bertz CT molecular complexity index is 233. The summed E-state index contributed by atoms with van der Waals surface area (Å²) in [6.07, 6.45) is 6.59. The minimum absolute atomic E-state index is 0.742. The van der Waals surface area contributed by atoms with Crippen molar-refractivity contribution in [2.75, 3.05) is 39.4 Å². The number of likely N-dealkylation sites (tertiary alicyclic amines) is 1. The van der Waals surface area contributed by atoms with E-state index in [0.29, 0.717) is 0 Å². The molecule has 0 aromatic rings. The Morgan fingerprint density at radius 2 is 1.89 bits per heavy atom. The van der Waals surface area contributed by atoms with Gasteiger partial charge in [0.1, 0.15) is 0 Å². The lowest BCUT2D eigenvalue weighted by Gasteiger charge is -2.33. The molecule has 0 spiro atoms. The van der Waals surface area contributed by atoms with Crippen molar-refractivity contribution in [1.82, 2.24) is 10.2 Å². The highest BCUT2D eigenvalue weighted by atomic mass is 16.5. The van der Waals surface area contributed by atoms with Crippen LogP contribution < -0.4 is 5.32 Å². The summed E-state index contributed by atoms with van der Waals surface area (Å²) < 4.78 is 5.66. The third kappa shape index (κ3) is 6.73. The molecule has 19 heavy (non-hydrogen) atoms. The van der Waals surface area contributed by atoms with Gasteiger partial charge in [-0.05, 0) is 63.6 Å². The second kappa shape index (κ2) is 8.23. The lowest BCUT2D eigenvalue weighted by atomic mass is 10.0. The maximum Gasteiger partial charge on any atom is 0.0494 e. The maximum atomic E-state index is 5.66. The zero-order valence-electron chi connectivity index (χ0n) is 12.9. The van der Waals surface area contributed by atoms with E-state index in [1.165, 1.54) is 51.7 Å². The normalized spacial score (nSPS) is 22.3. The third-order valence-corrected chi connectivity index (χ3v) is 4.16. The Morgan fingerprint density at radius 3 is 2.53 bits per heavy atom. The van der Waals surface area contributed by atoms with Gasteiger partial charge in [0.15, 0.2) is 0 Å². The Hall–Kier alpha value is -0.120. The molecule has 112 valence electrons. The van der Waals surface area contributed by atoms with Gasteiger partial charge in [0.25, 0.3) is 0 Å². The van der Waals surface area contributed by atoms with Crippen LogP contribution in [-0.2, 0) is 4.74 Å². The molecular weight excluding hydrogens is 236 g/mol. The van der Waals surface area contributed by atoms with Gasteiger partial charge < -0.3 is 15.0 Å². The van der Waals surface area contributed by atoms with Crippen molar-refractivity contribution < 1.29 is 4.74 Å². The van der Waals surface area contributed by atoms with Crippen molar-refractivity contribution in [3.63, 3.8) is 0 Å². The third-order valence-electron chi connectivity index (χ3n) is 4.16. The van der Waals surface area contributed by atoms with Gasteiger partial charge >= 0.3 is 0 Å². The minimum Gasteiger partial charge on any atom is -0.381 e. The molecular formula is C16H32N2O. The summed E-state index contributed by atoms with van der Waals surface area (Å²) in [6.45, 7) is 11.5. The lowest BCUT2D eigenvalue weighted by Crippen LogP contribution is -2.43. The summed E-state index contributed by atoms with van der Waals surface area (Å²) in [5.74, 6) is 1.70. The molecule has 0 aromatic heterocycles. The van der Waals surface area contributed by atoms with E-state index in [2.05, 4.69) is 24.1 Å². The summed E-state index contributed by atoms with van der Waals surface area (Å²) in [5, 5.41) is 3.69. The van der Waals surface area contributed by atoms with Crippen molar-refractivity contribution in [2.24, 2.45) is 11.8 Å². The number of hydrogen-bond donors (Lipinski definition) is 1. The molecule has 3 heteroatoms. The van der Waals surface area contributed by atoms with Gasteiger partial charge in [0.2, 0.25) is 0 Å². The Labute approximate surface area is 119 Å². The number of ether oxygens (including phenoxy) is 1. The van der Waals surface area contributed by atoms with Crippen molar-refractivity contribution in [3.05, 3.63) is 0 Å². The molecule has 1 aliphatic carbocycles. The molecule has 0 bridgehead atoms. The highest BCUT2D eigenvalue weighted by molar-refractivity contribution is 4.77. The van der Waals surface area contributed by atoms with Gasteiger partial charge in [-0.25, -0.2) is 0 Å². The van der Waals surface area contributed by atoms with Crippen LogP contribution in [0, 0.1) is 11.8 Å². The number of rotatable bonds is 9. The van der Waals surface area contributed by atoms with Crippen molar-refractivity contribution >= 4 is 0 Å². The van der Waals surface area contributed by atoms with E-state index in [9.17, 15) is 0 Å². The molecule has 2 fully saturated rings. The van der Waals surface area contributed by atoms with Crippen LogP contribution in [0.25, 0.3) is 0 Å². The summed E-state index contributed by atoms with van der Waals surface area (Å²) in [7, 11) is 0. The van der Waals surface area contributed by atoms with Crippen LogP contribution in [0.5, 0.6) is 0 Å². The molecule has 0 atom stereocenters. The molecule has 1 heterocycles. The minimum atomic E-state index is 0.742. The molecule has 1 saturated heterocycles. The number of piperidine rings is 1. The van der Waals surface area contributed by atoms with Crippen LogP contribution in [0.4, 0.5) is 0 Å². The number of hydrogen-bond acceptors (Lipinski definition) is 3. The smallest absolute Gasteiger partial charge is 0.0494 e. The molecule has 1 N–H and O–H groups in total. The van der Waals surface area contributed by atoms with E-state index in [4.69, 9.17) is 4.74 Å². The molecule has 1 saturated carbocycles. The van der Waals surface area contributed by atoms with Gasteiger partial charge in [-0.2, -0.15) is 0 Å². The molecule has 0 radical (unpaired) electrons. The van der Waals surface area contributed by atoms with E-state index >= 15 is 0 Å². The summed E-state index contributed by atoms with van der Waals surface area (Å²) in [5.41, 5.74) is 0. The first kappa shape index (κ1) is 15.3. The molecule has 2 rings (SSSR count). The van der Waals surface area contributed by atoms with Crippen LogP contribution in [0.2, 0.25) is 0 Å².